The number of para-hydroxylation sites is 2. The first-order valence-corrected chi connectivity index (χ1v) is 10.3. The van der Waals surface area contributed by atoms with Crippen molar-refractivity contribution in [1.29, 1.82) is 0 Å². The molecule has 3 rings (SSSR count). The van der Waals surface area contributed by atoms with Crippen LogP contribution in [0.5, 0.6) is 0 Å². The van der Waals surface area contributed by atoms with Crippen LogP contribution in [-0.2, 0) is 17.9 Å². The average Bonchev–Trinajstić information content (AvgIpc) is 2.97. The molecule has 1 N–H and O–H groups in total. The lowest BCUT2D eigenvalue weighted by Gasteiger charge is -2.06. The lowest BCUT2D eigenvalue weighted by atomic mass is 10.3. The van der Waals surface area contributed by atoms with Crippen LogP contribution in [0, 0.1) is 0 Å². The molecule has 1 aromatic heterocycles. The van der Waals surface area contributed by atoms with Crippen LogP contribution in [0.2, 0.25) is 0 Å². The van der Waals surface area contributed by atoms with Crippen LogP contribution < -0.4 is 11.0 Å². The van der Waals surface area contributed by atoms with Gasteiger partial charge in [-0.05, 0) is 43.4 Å². The van der Waals surface area contributed by atoms with E-state index in [2.05, 4.69) is 17.4 Å². The van der Waals surface area contributed by atoms with Crippen LogP contribution >= 0.6 is 11.8 Å². The van der Waals surface area contributed by atoms with Gasteiger partial charge >= 0.3 is 5.69 Å². The summed E-state index contributed by atoms with van der Waals surface area (Å²) in [6.07, 6.45) is 1.23. The van der Waals surface area contributed by atoms with Crippen molar-refractivity contribution >= 4 is 28.7 Å². The Hall–Kier alpha value is -2.47. The Morgan fingerprint density at radius 1 is 1.00 bits per heavy atom. The minimum Gasteiger partial charge on any atom is -0.356 e. The Morgan fingerprint density at radius 3 is 2.37 bits per heavy atom. The van der Waals surface area contributed by atoms with Gasteiger partial charge in [-0.3, -0.25) is 13.9 Å². The number of hydrogen-bond donors (Lipinski definition) is 1. The number of hydrogen-bond acceptors (Lipinski definition) is 3. The molecule has 0 atom stereocenters. The van der Waals surface area contributed by atoms with E-state index < -0.39 is 0 Å². The molecule has 3 aromatic rings. The smallest absolute Gasteiger partial charge is 0.329 e. The summed E-state index contributed by atoms with van der Waals surface area (Å²) >= 11 is 1.79. The number of aryl methyl sites for hydroxylation is 2. The number of rotatable bonds is 9. The highest BCUT2D eigenvalue weighted by Crippen LogP contribution is 2.17. The van der Waals surface area contributed by atoms with Crippen molar-refractivity contribution in [2.45, 2.75) is 37.8 Å². The normalized spacial score (nSPS) is 11.0. The molecule has 5 nitrogen and oxygen atoms in total. The number of benzene rings is 2. The fourth-order valence-corrected chi connectivity index (χ4v) is 3.98. The van der Waals surface area contributed by atoms with Crippen molar-refractivity contribution in [3.8, 4) is 0 Å². The summed E-state index contributed by atoms with van der Waals surface area (Å²) in [6.45, 7) is 3.64. The Morgan fingerprint density at radius 2 is 1.67 bits per heavy atom. The maximum absolute atomic E-state index is 12.6. The van der Waals surface area contributed by atoms with Crippen molar-refractivity contribution in [1.82, 2.24) is 14.5 Å². The topological polar surface area (TPSA) is 56.0 Å². The summed E-state index contributed by atoms with van der Waals surface area (Å²) < 4.78 is 3.44. The monoisotopic (exact) mass is 383 g/mol. The largest absolute Gasteiger partial charge is 0.356 e. The van der Waals surface area contributed by atoms with Crippen molar-refractivity contribution in [3.05, 3.63) is 65.1 Å². The minimum absolute atomic E-state index is 0.0139. The maximum atomic E-state index is 12.6. The van der Waals surface area contributed by atoms with E-state index in [1.165, 1.54) is 4.90 Å². The van der Waals surface area contributed by atoms with E-state index in [1.54, 1.807) is 20.9 Å². The molecule has 0 spiro atoms. The summed E-state index contributed by atoms with van der Waals surface area (Å²) in [5.41, 5.74) is 1.76. The third-order valence-electron chi connectivity index (χ3n) is 4.46. The highest BCUT2D eigenvalue weighted by Gasteiger charge is 2.12. The Kier molecular flexibility index (Phi) is 6.76. The standard InChI is InChI=1S/C21H25N3O2S/c1-2-23-18-11-6-7-12-19(18)24(21(23)26)15-13-20(25)22-14-8-16-27-17-9-4-3-5-10-17/h3-7,9-12H,2,8,13-16H2,1H3,(H,22,25). The van der Waals surface area contributed by atoms with E-state index in [-0.39, 0.29) is 11.6 Å². The zero-order valence-corrected chi connectivity index (χ0v) is 16.4. The van der Waals surface area contributed by atoms with Crippen molar-refractivity contribution in [2.24, 2.45) is 0 Å². The first-order chi connectivity index (χ1) is 13.2. The van der Waals surface area contributed by atoms with Gasteiger partial charge in [0.05, 0.1) is 11.0 Å². The molecule has 0 bridgehead atoms. The van der Waals surface area contributed by atoms with Crippen LogP contribution in [0.15, 0.2) is 64.3 Å². The first kappa shape index (κ1) is 19.3. The molecule has 0 saturated heterocycles. The SMILES string of the molecule is CCn1c(=O)n(CCC(=O)NCCCSc2ccccc2)c2ccccc21. The van der Waals surface area contributed by atoms with E-state index in [1.807, 2.05) is 49.4 Å². The third-order valence-corrected chi connectivity index (χ3v) is 5.56. The Labute approximate surface area is 163 Å². The van der Waals surface area contributed by atoms with Gasteiger partial charge < -0.3 is 5.32 Å². The summed E-state index contributed by atoms with van der Waals surface area (Å²) in [4.78, 5) is 25.9. The predicted molar refractivity (Wildman–Crippen MR) is 111 cm³/mol. The van der Waals surface area contributed by atoms with Crippen molar-refractivity contribution in [3.63, 3.8) is 0 Å². The van der Waals surface area contributed by atoms with E-state index >= 15 is 0 Å². The van der Waals surface area contributed by atoms with Gasteiger partial charge in [-0.25, -0.2) is 4.79 Å². The fraction of sp³-hybridized carbons (Fsp3) is 0.333. The molecule has 0 unspecified atom stereocenters. The number of imidazole rings is 1. The van der Waals surface area contributed by atoms with Crippen LogP contribution in [0.3, 0.4) is 0 Å². The van der Waals surface area contributed by atoms with Gasteiger partial charge in [0.25, 0.3) is 0 Å². The number of nitrogens with zero attached hydrogens (tertiary/aromatic N) is 2. The van der Waals surface area contributed by atoms with Gasteiger partial charge in [0.15, 0.2) is 0 Å². The lowest BCUT2D eigenvalue weighted by molar-refractivity contribution is -0.121. The van der Waals surface area contributed by atoms with Crippen molar-refractivity contribution in [2.75, 3.05) is 12.3 Å². The molecule has 1 amide bonds. The molecule has 0 fully saturated rings. The summed E-state index contributed by atoms with van der Waals surface area (Å²) in [7, 11) is 0. The second kappa shape index (κ2) is 9.46. The molecular weight excluding hydrogens is 358 g/mol. The van der Waals surface area contributed by atoms with Crippen molar-refractivity contribution < 1.29 is 4.79 Å². The number of aromatic nitrogens is 2. The highest BCUT2D eigenvalue weighted by molar-refractivity contribution is 7.99. The Bertz CT molecular complexity index is 947. The van der Waals surface area contributed by atoms with Gasteiger partial charge in [0.1, 0.15) is 0 Å². The van der Waals surface area contributed by atoms with Gasteiger partial charge in [-0.1, -0.05) is 30.3 Å². The molecular formula is C21H25N3O2S. The first-order valence-electron chi connectivity index (χ1n) is 9.33. The molecule has 0 aliphatic rings. The second-order valence-electron chi connectivity index (χ2n) is 6.28. The number of thioether (sulfide) groups is 1. The lowest BCUT2D eigenvalue weighted by Crippen LogP contribution is -2.29. The van der Waals surface area contributed by atoms with Crippen LogP contribution in [0.25, 0.3) is 11.0 Å². The summed E-state index contributed by atoms with van der Waals surface area (Å²) in [6, 6.07) is 18.0. The number of carbonyl (C=O) groups excluding carboxylic acids is 1. The predicted octanol–water partition coefficient (Wildman–Crippen LogP) is 3.51. The van der Waals surface area contributed by atoms with Gasteiger partial charge in [0, 0.05) is 31.0 Å². The van der Waals surface area contributed by atoms with E-state index in [4.69, 9.17) is 0 Å². The Balaban J connectivity index is 1.46. The minimum atomic E-state index is -0.0502. The molecule has 2 aromatic carbocycles. The molecule has 0 aliphatic heterocycles. The molecule has 0 radical (unpaired) electrons. The molecule has 6 heteroatoms. The second-order valence-corrected chi connectivity index (χ2v) is 7.45. The molecule has 1 heterocycles. The zero-order chi connectivity index (χ0) is 19.1. The number of carbonyl (C=O) groups is 1. The van der Waals surface area contributed by atoms with Crippen LogP contribution in [0.1, 0.15) is 19.8 Å². The average molecular weight is 384 g/mol. The molecule has 0 aliphatic carbocycles. The molecule has 142 valence electrons. The summed E-state index contributed by atoms with van der Waals surface area (Å²) in [5.74, 6) is 0.952. The van der Waals surface area contributed by atoms with Crippen LogP contribution in [0.4, 0.5) is 0 Å². The third kappa shape index (κ3) is 4.83. The molecule has 27 heavy (non-hydrogen) atoms. The number of nitrogens with one attached hydrogen (secondary N) is 1. The van der Waals surface area contributed by atoms with E-state index in [9.17, 15) is 9.59 Å². The number of amides is 1. The number of fused-ring (bicyclic) bond motifs is 1. The molecule has 0 saturated carbocycles. The van der Waals surface area contributed by atoms with E-state index in [0.717, 1.165) is 23.2 Å². The fourth-order valence-electron chi connectivity index (χ4n) is 3.10. The van der Waals surface area contributed by atoms with Gasteiger partial charge in [0.2, 0.25) is 5.91 Å². The maximum Gasteiger partial charge on any atom is 0.329 e. The zero-order valence-electron chi connectivity index (χ0n) is 15.6. The summed E-state index contributed by atoms with van der Waals surface area (Å²) in [5, 5.41) is 2.95. The van der Waals surface area contributed by atoms with Crippen LogP contribution in [-0.4, -0.2) is 27.3 Å². The quantitative estimate of drug-likeness (QED) is 0.454. The van der Waals surface area contributed by atoms with Gasteiger partial charge in [-0.2, -0.15) is 0 Å². The van der Waals surface area contributed by atoms with Gasteiger partial charge in [-0.15, -0.1) is 11.8 Å². The van der Waals surface area contributed by atoms with E-state index in [0.29, 0.717) is 26.1 Å². The highest BCUT2D eigenvalue weighted by atomic mass is 32.2.